The van der Waals surface area contributed by atoms with Gasteiger partial charge >= 0.3 is 0 Å². The lowest BCUT2D eigenvalue weighted by Crippen LogP contribution is -2.36. The number of benzene rings is 2. The van der Waals surface area contributed by atoms with E-state index in [0.29, 0.717) is 5.92 Å². The van der Waals surface area contributed by atoms with E-state index in [-0.39, 0.29) is 17.6 Å². The largest absolute Gasteiger partial charge is 0.377 e. The molecular formula is C22H26ClNO. The lowest BCUT2D eigenvalue weighted by atomic mass is 9.76. The van der Waals surface area contributed by atoms with Crippen LogP contribution in [0.3, 0.4) is 0 Å². The molecule has 0 spiro atoms. The lowest BCUT2D eigenvalue weighted by Gasteiger charge is -2.44. The summed E-state index contributed by atoms with van der Waals surface area (Å²) >= 11 is 6.52. The SMILES string of the molecule is CC(C)(C)c1ccc2c(c1)C1OCCCC1C(c1ccccc1Cl)N2. The molecule has 25 heavy (non-hydrogen) atoms. The van der Waals surface area contributed by atoms with E-state index in [2.05, 4.69) is 56.4 Å². The Labute approximate surface area is 155 Å². The highest BCUT2D eigenvalue weighted by molar-refractivity contribution is 6.31. The molecule has 0 bridgehead atoms. The first-order valence-corrected chi connectivity index (χ1v) is 9.60. The summed E-state index contributed by atoms with van der Waals surface area (Å²) in [6.07, 6.45) is 2.42. The Morgan fingerprint density at radius 1 is 1.08 bits per heavy atom. The molecule has 0 radical (unpaired) electrons. The van der Waals surface area contributed by atoms with Gasteiger partial charge in [0.1, 0.15) is 0 Å². The average Bonchev–Trinajstić information content (AvgIpc) is 2.60. The smallest absolute Gasteiger partial charge is 0.0895 e. The second-order valence-corrected chi connectivity index (χ2v) is 8.70. The highest BCUT2D eigenvalue weighted by atomic mass is 35.5. The van der Waals surface area contributed by atoms with Crippen LogP contribution in [-0.4, -0.2) is 6.61 Å². The van der Waals surface area contributed by atoms with Crippen LogP contribution in [-0.2, 0) is 10.2 Å². The molecule has 3 heteroatoms. The molecule has 2 heterocycles. The van der Waals surface area contributed by atoms with E-state index in [1.165, 1.54) is 22.4 Å². The Hall–Kier alpha value is -1.51. The third-order valence-corrected chi connectivity index (χ3v) is 5.92. The molecule has 1 fully saturated rings. The summed E-state index contributed by atoms with van der Waals surface area (Å²) in [5.74, 6) is 0.413. The average molecular weight is 356 g/mol. The van der Waals surface area contributed by atoms with Crippen molar-refractivity contribution in [2.45, 2.75) is 51.2 Å². The summed E-state index contributed by atoms with van der Waals surface area (Å²) in [6, 6.07) is 15.2. The topological polar surface area (TPSA) is 21.3 Å². The summed E-state index contributed by atoms with van der Waals surface area (Å²) in [6.45, 7) is 7.62. The van der Waals surface area contributed by atoms with Crippen molar-refractivity contribution in [3.05, 3.63) is 64.2 Å². The molecule has 0 saturated carbocycles. The summed E-state index contributed by atoms with van der Waals surface area (Å²) < 4.78 is 6.28. The zero-order chi connectivity index (χ0) is 17.6. The van der Waals surface area contributed by atoms with E-state index in [1.807, 2.05) is 12.1 Å². The molecule has 2 aliphatic rings. The third-order valence-electron chi connectivity index (χ3n) is 5.57. The maximum Gasteiger partial charge on any atom is 0.0895 e. The fourth-order valence-corrected chi connectivity index (χ4v) is 4.43. The molecule has 0 aliphatic carbocycles. The number of rotatable bonds is 1. The van der Waals surface area contributed by atoms with E-state index >= 15 is 0 Å². The predicted molar refractivity (Wildman–Crippen MR) is 104 cm³/mol. The zero-order valence-electron chi connectivity index (χ0n) is 15.2. The van der Waals surface area contributed by atoms with Crippen molar-refractivity contribution in [2.75, 3.05) is 11.9 Å². The Morgan fingerprint density at radius 2 is 1.88 bits per heavy atom. The van der Waals surface area contributed by atoms with Gasteiger partial charge in [-0.2, -0.15) is 0 Å². The Bertz CT molecular complexity index is 780. The Kier molecular flexibility index (Phi) is 4.29. The maximum absolute atomic E-state index is 6.52. The van der Waals surface area contributed by atoms with Crippen molar-refractivity contribution < 1.29 is 4.74 Å². The van der Waals surface area contributed by atoms with Crippen molar-refractivity contribution in [3.8, 4) is 0 Å². The van der Waals surface area contributed by atoms with Crippen LogP contribution >= 0.6 is 11.6 Å². The number of fused-ring (bicyclic) bond motifs is 3. The number of hydrogen-bond donors (Lipinski definition) is 1. The highest BCUT2D eigenvalue weighted by Gasteiger charge is 2.40. The first-order chi connectivity index (χ1) is 11.9. The van der Waals surface area contributed by atoms with Gasteiger partial charge < -0.3 is 10.1 Å². The minimum Gasteiger partial charge on any atom is -0.377 e. The van der Waals surface area contributed by atoms with Crippen LogP contribution in [0.4, 0.5) is 5.69 Å². The molecule has 1 saturated heterocycles. The van der Waals surface area contributed by atoms with Crippen molar-refractivity contribution in [1.82, 2.24) is 0 Å². The second kappa shape index (κ2) is 6.34. The van der Waals surface area contributed by atoms with Crippen LogP contribution in [0.5, 0.6) is 0 Å². The van der Waals surface area contributed by atoms with Gasteiger partial charge in [-0.25, -0.2) is 0 Å². The van der Waals surface area contributed by atoms with Crippen LogP contribution in [0, 0.1) is 5.92 Å². The lowest BCUT2D eigenvalue weighted by molar-refractivity contribution is -0.0381. The van der Waals surface area contributed by atoms with Gasteiger partial charge in [-0.1, -0.05) is 62.7 Å². The molecule has 2 aliphatic heterocycles. The molecule has 0 aromatic heterocycles. The van der Waals surface area contributed by atoms with Gasteiger partial charge in [-0.05, 0) is 41.5 Å². The van der Waals surface area contributed by atoms with Crippen LogP contribution in [0.15, 0.2) is 42.5 Å². The predicted octanol–water partition coefficient (Wildman–Crippen LogP) is 6.27. The van der Waals surface area contributed by atoms with Gasteiger partial charge in [0.2, 0.25) is 0 Å². The summed E-state index contributed by atoms with van der Waals surface area (Å²) in [5, 5.41) is 4.60. The molecule has 0 amide bonds. The molecule has 2 nitrogen and oxygen atoms in total. The van der Waals surface area contributed by atoms with Crippen molar-refractivity contribution in [3.63, 3.8) is 0 Å². The van der Waals surface area contributed by atoms with E-state index in [1.54, 1.807) is 0 Å². The number of halogens is 1. The second-order valence-electron chi connectivity index (χ2n) is 8.29. The monoisotopic (exact) mass is 355 g/mol. The van der Waals surface area contributed by atoms with Crippen LogP contribution in [0.2, 0.25) is 5.02 Å². The van der Waals surface area contributed by atoms with E-state index in [9.17, 15) is 0 Å². The molecule has 2 aromatic rings. The van der Waals surface area contributed by atoms with Gasteiger partial charge in [0.25, 0.3) is 0 Å². The quantitative estimate of drug-likeness (QED) is 0.650. The Balaban J connectivity index is 1.79. The fraction of sp³-hybridized carbons (Fsp3) is 0.455. The van der Waals surface area contributed by atoms with Crippen LogP contribution < -0.4 is 5.32 Å². The normalized spacial score (nSPS) is 25.7. The number of nitrogens with one attached hydrogen (secondary N) is 1. The van der Waals surface area contributed by atoms with Crippen LogP contribution in [0.1, 0.15) is 62.4 Å². The third kappa shape index (κ3) is 3.07. The van der Waals surface area contributed by atoms with E-state index in [0.717, 1.165) is 24.5 Å². The standard InChI is InChI=1S/C22H26ClNO/c1-22(2,3)14-10-11-19-17(13-14)21-16(8-6-12-25-21)20(24-19)15-7-4-5-9-18(15)23/h4-5,7,9-11,13,16,20-21,24H,6,8,12H2,1-3H3. The van der Waals surface area contributed by atoms with Gasteiger partial charge in [0.05, 0.1) is 12.1 Å². The number of anilines is 1. The summed E-state index contributed by atoms with van der Waals surface area (Å²) in [7, 11) is 0. The van der Waals surface area contributed by atoms with E-state index < -0.39 is 0 Å². The molecule has 4 rings (SSSR count). The Morgan fingerprint density at radius 3 is 2.64 bits per heavy atom. The summed E-state index contributed by atoms with van der Waals surface area (Å²) in [4.78, 5) is 0. The minimum absolute atomic E-state index is 0.138. The highest BCUT2D eigenvalue weighted by Crippen LogP contribution is 2.50. The van der Waals surface area contributed by atoms with Gasteiger partial charge in [0, 0.05) is 28.8 Å². The zero-order valence-corrected chi connectivity index (χ0v) is 15.9. The molecule has 3 atom stereocenters. The van der Waals surface area contributed by atoms with Crippen molar-refractivity contribution >= 4 is 17.3 Å². The number of hydrogen-bond acceptors (Lipinski definition) is 2. The molecular weight excluding hydrogens is 330 g/mol. The minimum atomic E-state index is 0.138. The fourth-order valence-electron chi connectivity index (χ4n) is 4.17. The molecule has 1 N–H and O–H groups in total. The number of ether oxygens (including phenoxy) is 1. The molecule has 2 aromatic carbocycles. The van der Waals surface area contributed by atoms with Crippen molar-refractivity contribution in [2.24, 2.45) is 5.92 Å². The van der Waals surface area contributed by atoms with Crippen molar-refractivity contribution in [1.29, 1.82) is 0 Å². The van der Waals surface area contributed by atoms with Gasteiger partial charge in [0.15, 0.2) is 0 Å². The first-order valence-electron chi connectivity index (χ1n) is 9.22. The maximum atomic E-state index is 6.52. The summed E-state index contributed by atoms with van der Waals surface area (Å²) in [5.41, 5.74) is 5.16. The molecule has 3 unspecified atom stereocenters. The van der Waals surface area contributed by atoms with E-state index in [4.69, 9.17) is 16.3 Å². The molecule has 132 valence electrons. The van der Waals surface area contributed by atoms with Gasteiger partial charge in [-0.3, -0.25) is 0 Å². The first kappa shape index (κ1) is 16.9. The van der Waals surface area contributed by atoms with Crippen LogP contribution in [0.25, 0.3) is 0 Å². The van der Waals surface area contributed by atoms with Gasteiger partial charge in [-0.15, -0.1) is 0 Å².